The Bertz CT molecular complexity index is 1300. The molecule has 3 heterocycles. The van der Waals surface area contributed by atoms with Crippen LogP contribution in [0.1, 0.15) is 42.1 Å². The predicted octanol–water partition coefficient (Wildman–Crippen LogP) is 4.43. The average molecular weight is 471 g/mol. The molecule has 2 aromatic carbocycles. The average Bonchev–Trinajstić information content (AvgIpc) is 3.36. The van der Waals surface area contributed by atoms with E-state index in [0.717, 1.165) is 23.3 Å². The lowest BCUT2D eigenvalue weighted by molar-refractivity contribution is -0.140. The summed E-state index contributed by atoms with van der Waals surface area (Å²) in [6.07, 6.45) is 4.06. The number of aliphatic hydroxyl groups is 1. The molecule has 0 bridgehead atoms. The third kappa shape index (κ3) is 4.25. The first-order valence-corrected chi connectivity index (χ1v) is 11.7. The second-order valence-electron chi connectivity index (χ2n) is 8.74. The number of nitrogens with zero attached hydrogens (tertiary/aromatic N) is 2. The second kappa shape index (κ2) is 9.25. The Morgan fingerprint density at radius 2 is 1.86 bits per heavy atom. The first-order valence-electron chi connectivity index (χ1n) is 11.7. The molecule has 178 valence electrons. The summed E-state index contributed by atoms with van der Waals surface area (Å²) in [4.78, 5) is 32.0. The number of amides is 1. The summed E-state index contributed by atoms with van der Waals surface area (Å²) >= 11 is 0. The maximum absolute atomic E-state index is 13.3. The first kappa shape index (κ1) is 22.7. The van der Waals surface area contributed by atoms with Crippen LogP contribution in [-0.4, -0.2) is 39.4 Å². The van der Waals surface area contributed by atoms with E-state index in [1.807, 2.05) is 32.0 Å². The van der Waals surface area contributed by atoms with Gasteiger partial charge >= 0.3 is 0 Å². The van der Waals surface area contributed by atoms with Crippen molar-refractivity contribution in [3.8, 4) is 11.5 Å². The Kier molecular flexibility index (Phi) is 5.99. The molecular weight excluding hydrogens is 444 g/mol. The zero-order valence-electron chi connectivity index (χ0n) is 19.6. The molecule has 2 unspecified atom stereocenters. The minimum absolute atomic E-state index is 0.0530. The van der Waals surface area contributed by atoms with Crippen LogP contribution in [0.5, 0.6) is 11.5 Å². The highest BCUT2D eigenvalue weighted by molar-refractivity contribution is 6.46. The molecule has 0 spiro atoms. The molecule has 7 nitrogen and oxygen atoms in total. The minimum Gasteiger partial charge on any atom is -0.507 e. The molecule has 35 heavy (non-hydrogen) atoms. The van der Waals surface area contributed by atoms with Crippen molar-refractivity contribution in [2.24, 2.45) is 0 Å². The van der Waals surface area contributed by atoms with E-state index in [0.29, 0.717) is 23.5 Å². The zero-order valence-corrected chi connectivity index (χ0v) is 19.6. The van der Waals surface area contributed by atoms with E-state index < -0.39 is 17.7 Å². The molecule has 2 atom stereocenters. The molecule has 1 saturated heterocycles. The Hall–Kier alpha value is -4.13. The monoisotopic (exact) mass is 470 g/mol. The molecule has 5 rings (SSSR count). The van der Waals surface area contributed by atoms with Crippen LogP contribution < -0.4 is 9.47 Å². The molecule has 2 aliphatic heterocycles. The summed E-state index contributed by atoms with van der Waals surface area (Å²) in [7, 11) is 0. The number of carbonyl (C=O) groups is 2. The minimum atomic E-state index is -0.748. The van der Waals surface area contributed by atoms with Crippen LogP contribution in [0.4, 0.5) is 0 Å². The van der Waals surface area contributed by atoms with Crippen LogP contribution in [0.2, 0.25) is 0 Å². The van der Waals surface area contributed by atoms with Gasteiger partial charge in [0.2, 0.25) is 0 Å². The summed E-state index contributed by atoms with van der Waals surface area (Å²) < 4.78 is 11.3. The molecule has 2 aliphatic rings. The van der Waals surface area contributed by atoms with Gasteiger partial charge in [-0.25, -0.2) is 0 Å². The van der Waals surface area contributed by atoms with Gasteiger partial charge in [0.05, 0.1) is 18.2 Å². The highest BCUT2D eigenvalue weighted by Gasteiger charge is 2.46. The van der Waals surface area contributed by atoms with Gasteiger partial charge in [0, 0.05) is 30.9 Å². The number of benzene rings is 2. The van der Waals surface area contributed by atoms with Crippen molar-refractivity contribution in [1.29, 1.82) is 0 Å². The van der Waals surface area contributed by atoms with Gasteiger partial charge in [-0.2, -0.15) is 0 Å². The molecular formula is C28H26N2O5. The van der Waals surface area contributed by atoms with Crippen LogP contribution in [0.3, 0.4) is 0 Å². The zero-order chi connectivity index (χ0) is 24.5. The number of pyridine rings is 1. The standard InChI is InChI=1S/C28H26N2O5/c1-3-34-22-7-4-19(5-8-22)25-24(26(31)20-6-9-23-21(15-20)14-17(2)35-23)27(32)28(33)30(25)16-18-10-12-29-13-11-18/h4-13,15,17,25,31H,3,14,16H2,1-2H3. The summed E-state index contributed by atoms with van der Waals surface area (Å²) in [5.74, 6) is -0.0898. The molecule has 1 fully saturated rings. The van der Waals surface area contributed by atoms with Crippen molar-refractivity contribution in [3.63, 3.8) is 0 Å². The van der Waals surface area contributed by atoms with Gasteiger partial charge in [-0.05, 0) is 73.0 Å². The van der Waals surface area contributed by atoms with Gasteiger partial charge in [0.1, 0.15) is 23.4 Å². The molecule has 1 amide bonds. The van der Waals surface area contributed by atoms with Crippen LogP contribution in [0.15, 0.2) is 72.6 Å². The van der Waals surface area contributed by atoms with Gasteiger partial charge in [-0.15, -0.1) is 0 Å². The Labute approximate surface area is 203 Å². The fourth-order valence-electron chi connectivity index (χ4n) is 4.71. The number of likely N-dealkylation sites (tertiary alicyclic amines) is 1. The Balaban J connectivity index is 1.60. The van der Waals surface area contributed by atoms with Crippen molar-refractivity contribution in [3.05, 3.63) is 94.8 Å². The van der Waals surface area contributed by atoms with E-state index >= 15 is 0 Å². The molecule has 1 N–H and O–H groups in total. The van der Waals surface area contributed by atoms with Gasteiger partial charge in [0.15, 0.2) is 0 Å². The summed E-state index contributed by atoms with van der Waals surface area (Å²) in [6.45, 7) is 4.62. The van der Waals surface area contributed by atoms with E-state index in [4.69, 9.17) is 9.47 Å². The normalized spacial score (nSPS) is 20.6. The van der Waals surface area contributed by atoms with Gasteiger partial charge < -0.3 is 19.5 Å². The first-order chi connectivity index (χ1) is 17.0. The summed E-state index contributed by atoms with van der Waals surface area (Å²) in [5.41, 5.74) is 3.06. The molecule has 0 aliphatic carbocycles. The molecule has 0 radical (unpaired) electrons. The number of ether oxygens (including phenoxy) is 2. The number of Topliss-reactive ketones (excluding diaryl/α,β-unsaturated/α-hetero) is 1. The number of hydrogen-bond donors (Lipinski definition) is 1. The van der Waals surface area contributed by atoms with E-state index in [9.17, 15) is 14.7 Å². The van der Waals surface area contributed by atoms with Crippen molar-refractivity contribution in [2.75, 3.05) is 6.61 Å². The fraction of sp³-hybridized carbons (Fsp3) is 0.250. The van der Waals surface area contributed by atoms with Crippen molar-refractivity contribution >= 4 is 17.4 Å². The predicted molar refractivity (Wildman–Crippen MR) is 130 cm³/mol. The van der Waals surface area contributed by atoms with Crippen LogP contribution in [-0.2, 0) is 22.6 Å². The number of aromatic nitrogens is 1. The Morgan fingerprint density at radius 3 is 2.57 bits per heavy atom. The third-order valence-corrected chi connectivity index (χ3v) is 6.32. The highest BCUT2D eigenvalue weighted by atomic mass is 16.5. The maximum atomic E-state index is 13.3. The number of hydrogen-bond acceptors (Lipinski definition) is 6. The number of ketones is 1. The van der Waals surface area contributed by atoms with Crippen molar-refractivity contribution < 1.29 is 24.2 Å². The maximum Gasteiger partial charge on any atom is 0.295 e. The van der Waals surface area contributed by atoms with Crippen LogP contribution in [0.25, 0.3) is 5.76 Å². The van der Waals surface area contributed by atoms with Crippen molar-refractivity contribution in [1.82, 2.24) is 9.88 Å². The Morgan fingerprint density at radius 1 is 1.11 bits per heavy atom. The van der Waals surface area contributed by atoms with Gasteiger partial charge in [-0.1, -0.05) is 12.1 Å². The SMILES string of the molecule is CCOc1ccc(C2C(=C(O)c3ccc4c(c3)CC(C)O4)C(=O)C(=O)N2Cc2ccncc2)cc1. The fourth-order valence-corrected chi connectivity index (χ4v) is 4.71. The summed E-state index contributed by atoms with van der Waals surface area (Å²) in [5, 5.41) is 11.4. The van der Waals surface area contributed by atoms with E-state index in [1.54, 1.807) is 48.8 Å². The van der Waals surface area contributed by atoms with Crippen LogP contribution >= 0.6 is 0 Å². The van der Waals surface area contributed by atoms with E-state index in [1.165, 1.54) is 4.90 Å². The second-order valence-corrected chi connectivity index (χ2v) is 8.74. The largest absolute Gasteiger partial charge is 0.507 e. The topological polar surface area (TPSA) is 89.0 Å². The lowest BCUT2D eigenvalue weighted by Gasteiger charge is -2.25. The van der Waals surface area contributed by atoms with E-state index in [-0.39, 0.29) is 24.0 Å². The lowest BCUT2D eigenvalue weighted by Crippen LogP contribution is -2.29. The lowest BCUT2D eigenvalue weighted by atomic mass is 9.94. The molecule has 7 heteroatoms. The van der Waals surface area contributed by atoms with Crippen LogP contribution in [0, 0.1) is 0 Å². The van der Waals surface area contributed by atoms with Crippen molar-refractivity contribution in [2.45, 2.75) is 39.0 Å². The third-order valence-electron chi connectivity index (χ3n) is 6.32. The number of fused-ring (bicyclic) bond motifs is 1. The molecule has 1 aromatic heterocycles. The number of aliphatic hydroxyl groups excluding tert-OH is 1. The smallest absolute Gasteiger partial charge is 0.295 e. The van der Waals surface area contributed by atoms with Gasteiger partial charge in [0.25, 0.3) is 11.7 Å². The number of carbonyl (C=O) groups excluding carboxylic acids is 2. The van der Waals surface area contributed by atoms with E-state index in [2.05, 4.69) is 4.98 Å². The molecule has 0 saturated carbocycles. The highest BCUT2D eigenvalue weighted by Crippen LogP contribution is 2.41. The number of rotatable bonds is 6. The summed E-state index contributed by atoms with van der Waals surface area (Å²) in [6, 6.07) is 15.5. The quantitative estimate of drug-likeness (QED) is 0.326. The van der Waals surface area contributed by atoms with Gasteiger partial charge in [-0.3, -0.25) is 14.6 Å². The molecule has 3 aromatic rings.